The van der Waals surface area contributed by atoms with Crippen LogP contribution < -0.4 is 10.6 Å². The minimum Gasteiger partial charge on any atom is -0.394 e. The Morgan fingerprint density at radius 1 is 1.33 bits per heavy atom. The number of rotatable bonds is 6. The van der Waals surface area contributed by atoms with Gasteiger partial charge in [0.15, 0.2) is 0 Å². The smallest absolute Gasteiger partial charge is 0.315 e. The molecule has 3 N–H and O–H groups in total. The number of nitrogens with one attached hydrogen (secondary N) is 2. The number of aliphatic hydroxyl groups is 1. The maximum absolute atomic E-state index is 11.9. The van der Waals surface area contributed by atoms with Gasteiger partial charge in [-0.25, -0.2) is 4.79 Å². The van der Waals surface area contributed by atoms with Crippen molar-refractivity contribution in [3.05, 3.63) is 35.9 Å². The minimum atomic E-state index is -0.378. The fourth-order valence-electron chi connectivity index (χ4n) is 2.51. The van der Waals surface area contributed by atoms with Gasteiger partial charge in [-0.3, -0.25) is 0 Å². The first-order valence-corrected chi connectivity index (χ1v) is 7.61. The molecule has 1 aromatic rings. The molecule has 0 aromatic heterocycles. The Morgan fingerprint density at radius 3 is 2.81 bits per heavy atom. The third kappa shape index (κ3) is 5.36. The summed E-state index contributed by atoms with van der Waals surface area (Å²) in [7, 11) is 0. The van der Waals surface area contributed by atoms with Gasteiger partial charge in [0, 0.05) is 13.2 Å². The predicted octanol–water partition coefficient (Wildman–Crippen LogP) is 1.98. The molecular weight excluding hydrogens is 268 g/mol. The number of amides is 2. The van der Waals surface area contributed by atoms with E-state index in [-0.39, 0.29) is 24.8 Å². The highest BCUT2D eigenvalue weighted by Gasteiger charge is 2.15. The highest BCUT2D eigenvalue weighted by molar-refractivity contribution is 5.74. The molecule has 1 fully saturated rings. The van der Waals surface area contributed by atoms with Crippen molar-refractivity contribution in [2.24, 2.45) is 0 Å². The third-order valence-corrected chi connectivity index (χ3v) is 3.72. The van der Waals surface area contributed by atoms with Crippen LogP contribution >= 0.6 is 0 Å². The van der Waals surface area contributed by atoms with Crippen LogP contribution in [0.3, 0.4) is 0 Å². The monoisotopic (exact) mass is 292 g/mol. The highest BCUT2D eigenvalue weighted by Crippen LogP contribution is 2.15. The average molecular weight is 292 g/mol. The lowest BCUT2D eigenvalue weighted by Crippen LogP contribution is -2.40. The lowest BCUT2D eigenvalue weighted by Gasteiger charge is -2.23. The standard InChI is InChI=1S/C16H24N2O3/c19-12-15(13-6-2-1-3-7-13)18-16(20)17-10-9-14-8-4-5-11-21-14/h1-3,6-7,14-15,19H,4-5,8-12H2,(H2,17,18,20). The van der Waals surface area contributed by atoms with E-state index in [1.54, 1.807) is 0 Å². The SMILES string of the molecule is O=C(NCCC1CCCCO1)NC(CO)c1ccccc1. The molecule has 1 saturated heterocycles. The van der Waals surface area contributed by atoms with E-state index in [9.17, 15) is 9.90 Å². The lowest BCUT2D eigenvalue weighted by atomic mass is 10.1. The first kappa shape index (κ1) is 15.8. The highest BCUT2D eigenvalue weighted by atomic mass is 16.5. The van der Waals surface area contributed by atoms with Gasteiger partial charge < -0.3 is 20.5 Å². The van der Waals surface area contributed by atoms with Crippen molar-refractivity contribution < 1.29 is 14.6 Å². The molecule has 2 atom stereocenters. The van der Waals surface area contributed by atoms with E-state index in [1.807, 2.05) is 30.3 Å². The van der Waals surface area contributed by atoms with E-state index < -0.39 is 0 Å². The summed E-state index contributed by atoms with van der Waals surface area (Å²) < 4.78 is 5.62. The van der Waals surface area contributed by atoms with Gasteiger partial charge in [0.2, 0.25) is 0 Å². The summed E-state index contributed by atoms with van der Waals surface area (Å²) in [6.07, 6.45) is 4.52. The first-order chi connectivity index (χ1) is 10.3. The lowest BCUT2D eigenvalue weighted by molar-refractivity contribution is 0.0119. The van der Waals surface area contributed by atoms with Crippen molar-refractivity contribution in [1.29, 1.82) is 0 Å². The fourth-order valence-corrected chi connectivity index (χ4v) is 2.51. The fraction of sp³-hybridized carbons (Fsp3) is 0.562. The van der Waals surface area contributed by atoms with Gasteiger partial charge in [0.05, 0.1) is 18.8 Å². The van der Waals surface area contributed by atoms with E-state index in [0.29, 0.717) is 6.54 Å². The molecule has 21 heavy (non-hydrogen) atoms. The molecule has 5 heteroatoms. The van der Waals surface area contributed by atoms with Gasteiger partial charge in [-0.15, -0.1) is 0 Å². The molecule has 0 bridgehead atoms. The molecule has 2 rings (SSSR count). The molecule has 1 aliphatic rings. The van der Waals surface area contributed by atoms with Crippen LogP contribution in [-0.2, 0) is 4.74 Å². The van der Waals surface area contributed by atoms with Crippen LogP contribution in [0.1, 0.15) is 37.3 Å². The van der Waals surface area contributed by atoms with Gasteiger partial charge in [0.1, 0.15) is 0 Å². The van der Waals surface area contributed by atoms with Crippen LogP contribution in [0.25, 0.3) is 0 Å². The van der Waals surface area contributed by atoms with Crippen LogP contribution in [0.5, 0.6) is 0 Å². The number of carbonyl (C=O) groups excluding carboxylic acids is 1. The van der Waals surface area contributed by atoms with Crippen molar-refractivity contribution in [1.82, 2.24) is 10.6 Å². The van der Waals surface area contributed by atoms with Gasteiger partial charge in [-0.2, -0.15) is 0 Å². The van der Waals surface area contributed by atoms with E-state index in [4.69, 9.17) is 4.74 Å². The number of aliphatic hydroxyl groups excluding tert-OH is 1. The summed E-state index contributed by atoms with van der Waals surface area (Å²) in [6.45, 7) is 1.30. The Balaban J connectivity index is 1.70. The molecule has 5 nitrogen and oxygen atoms in total. The number of hydrogen-bond donors (Lipinski definition) is 3. The Labute approximate surface area is 125 Å². The van der Waals surface area contributed by atoms with Crippen LogP contribution in [0.2, 0.25) is 0 Å². The van der Waals surface area contributed by atoms with E-state index in [1.165, 1.54) is 6.42 Å². The van der Waals surface area contributed by atoms with Crippen LogP contribution in [0.15, 0.2) is 30.3 Å². The Hall–Kier alpha value is -1.59. The minimum absolute atomic E-state index is 0.122. The Bertz CT molecular complexity index is 419. The maximum Gasteiger partial charge on any atom is 0.315 e. The second-order valence-corrected chi connectivity index (χ2v) is 5.32. The second kappa shape index (κ2) is 8.64. The molecule has 1 heterocycles. The topological polar surface area (TPSA) is 70.6 Å². The van der Waals surface area contributed by atoms with Gasteiger partial charge in [-0.05, 0) is 31.2 Å². The largest absolute Gasteiger partial charge is 0.394 e. The van der Waals surface area contributed by atoms with E-state index in [0.717, 1.165) is 31.4 Å². The normalized spacial score (nSPS) is 19.8. The molecule has 0 aliphatic carbocycles. The molecule has 0 spiro atoms. The molecule has 1 aliphatic heterocycles. The summed E-state index contributed by atoms with van der Waals surface area (Å²) in [6, 6.07) is 8.82. The van der Waals surface area contributed by atoms with Gasteiger partial charge in [0.25, 0.3) is 0 Å². The van der Waals surface area contributed by atoms with Gasteiger partial charge in [-0.1, -0.05) is 30.3 Å². The first-order valence-electron chi connectivity index (χ1n) is 7.61. The molecule has 0 saturated carbocycles. The summed E-state index contributed by atoms with van der Waals surface area (Å²) >= 11 is 0. The summed E-state index contributed by atoms with van der Waals surface area (Å²) in [5, 5.41) is 15.0. The molecule has 2 amide bonds. The molecule has 116 valence electrons. The number of benzene rings is 1. The number of hydrogen-bond acceptors (Lipinski definition) is 3. The number of carbonyl (C=O) groups is 1. The summed E-state index contributed by atoms with van der Waals surface area (Å²) in [5.41, 5.74) is 0.894. The zero-order valence-corrected chi connectivity index (χ0v) is 12.3. The van der Waals surface area contributed by atoms with Crippen LogP contribution in [-0.4, -0.2) is 37.0 Å². The van der Waals surface area contributed by atoms with Crippen molar-refractivity contribution in [2.45, 2.75) is 37.8 Å². The summed E-state index contributed by atoms with van der Waals surface area (Å²) in [4.78, 5) is 11.9. The van der Waals surface area contributed by atoms with E-state index >= 15 is 0 Å². The zero-order valence-electron chi connectivity index (χ0n) is 12.3. The molecular formula is C16H24N2O3. The van der Waals surface area contributed by atoms with Crippen LogP contribution in [0, 0.1) is 0 Å². The molecule has 0 radical (unpaired) electrons. The average Bonchev–Trinajstić information content (AvgIpc) is 2.54. The number of ether oxygens (including phenoxy) is 1. The van der Waals surface area contributed by atoms with E-state index in [2.05, 4.69) is 10.6 Å². The second-order valence-electron chi connectivity index (χ2n) is 5.32. The maximum atomic E-state index is 11.9. The van der Waals surface area contributed by atoms with Crippen molar-refractivity contribution >= 4 is 6.03 Å². The van der Waals surface area contributed by atoms with Crippen LogP contribution in [0.4, 0.5) is 4.79 Å². The number of urea groups is 1. The van der Waals surface area contributed by atoms with Crippen molar-refractivity contribution in [2.75, 3.05) is 19.8 Å². The zero-order chi connectivity index (χ0) is 14.9. The summed E-state index contributed by atoms with van der Waals surface area (Å²) in [5.74, 6) is 0. The Morgan fingerprint density at radius 2 is 2.14 bits per heavy atom. The predicted molar refractivity (Wildman–Crippen MR) is 81.0 cm³/mol. The molecule has 1 aromatic carbocycles. The third-order valence-electron chi connectivity index (χ3n) is 3.72. The Kier molecular flexibility index (Phi) is 6.50. The van der Waals surface area contributed by atoms with Gasteiger partial charge >= 0.3 is 6.03 Å². The molecule has 2 unspecified atom stereocenters. The quantitative estimate of drug-likeness (QED) is 0.751. The van der Waals surface area contributed by atoms with Crippen molar-refractivity contribution in [3.8, 4) is 0 Å². The van der Waals surface area contributed by atoms with Crippen molar-refractivity contribution in [3.63, 3.8) is 0 Å².